The Morgan fingerprint density at radius 1 is 1.07 bits per heavy atom. The Hall–Kier alpha value is -4.06. The molecular formula is C34H35FN4O. The second-order valence-corrected chi connectivity index (χ2v) is 10.7. The predicted octanol–water partition coefficient (Wildman–Crippen LogP) is 7.63. The third-order valence-electron chi connectivity index (χ3n) is 8.06. The maximum Gasteiger partial charge on any atom is 0.124 e. The van der Waals surface area contributed by atoms with E-state index in [2.05, 4.69) is 54.1 Å². The molecular weight excluding hydrogens is 499 g/mol. The summed E-state index contributed by atoms with van der Waals surface area (Å²) in [6.07, 6.45) is 12.9. The van der Waals surface area contributed by atoms with Crippen molar-refractivity contribution in [2.24, 2.45) is 15.9 Å². The number of aryl methyl sites for hydroxylation is 1. The average Bonchev–Trinajstić information content (AvgIpc) is 3.40. The van der Waals surface area contributed by atoms with E-state index in [0.29, 0.717) is 13.0 Å². The Bertz CT molecular complexity index is 1520. The van der Waals surface area contributed by atoms with E-state index in [1.54, 1.807) is 0 Å². The van der Waals surface area contributed by atoms with Crippen molar-refractivity contribution >= 4 is 17.6 Å². The van der Waals surface area contributed by atoms with Crippen LogP contribution in [-0.2, 0) is 19.4 Å². The van der Waals surface area contributed by atoms with Crippen molar-refractivity contribution in [2.75, 3.05) is 13.2 Å². The van der Waals surface area contributed by atoms with Gasteiger partial charge >= 0.3 is 0 Å². The standard InChI is InChI=1S/C34H35FN4O/c1-3-25-13-15-36-23(2)30(18-24-7-10-29(35)11-8-24)34(25)39-16-17-40-33-12-9-26(19-28(33)22-39)27-20-32-31(38-21-27)6-4-5-14-37-32/h7-15,19-21,25H,3-6,16-18,22H2,1-2H3. The minimum absolute atomic E-state index is 0.217. The third-order valence-corrected chi connectivity index (χ3v) is 8.06. The van der Waals surface area contributed by atoms with E-state index in [9.17, 15) is 4.39 Å². The summed E-state index contributed by atoms with van der Waals surface area (Å²) in [7, 11) is 0. The van der Waals surface area contributed by atoms with Crippen molar-refractivity contribution in [2.45, 2.75) is 52.5 Å². The molecule has 204 valence electrons. The number of allylic oxidation sites excluding steroid dienone is 2. The van der Waals surface area contributed by atoms with E-state index < -0.39 is 0 Å². The quantitative estimate of drug-likeness (QED) is 0.338. The first-order valence-corrected chi connectivity index (χ1v) is 14.3. The number of ether oxygens (including phenoxy) is 1. The summed E-state index contributed by atoms with van der Waals surface area (Å²) in [5.74, 6) is 0.939. The lowest BCUT2D eigenvalue weighted by molar-refractivity contribution is 0.249. The number of pyridine rings is 1. The minimum Gasteiger partial charge on any atom is -0.491 e. The number of aliphatic imine (C=N–C) groups is 2. The second kappa shape index (κ2) is 11.6. The van der Waals surface area contributed by atoms with Gasteiger partial charge in [-0.1, -0.05) is 31.2 Å². The zero-order chi connectivity index (χ0) is 27.5. The van der Waals surface area contributed by atoms with Crippen LogP contribution in [0.1, 0.15) is 49.9 Å². The molecule has 0 saturated heterocycles. The minimum atomic E-state index is -0.217. The Balaban J connectivity index is 1.37. The van der Waals surface area contributed by atoms with Crippen LogP contribution in [0.2, 0.25) is 0 Å². The summed E-state index contributed by atoms with van der Waals surface area (Å²) in [6, 6.07) is 15.4. The normalized spacial score (nSPS) is 18.7. The van der Waals surface area contributed by atoms with Gasteiger partial charge in [0.1, 0.15) is 18.2 Å². The van der Waals surface area contributed by atoms with Gasteiger partial charge in [-0.05, 0) is 79.6 Å². The molecule has 0 amide bonds. The van der Waals surface area contributed by atoms with Crippen LogP contribution in [0.5, 0.6) is 5.75 Å². The topological polar surface area (TPSA) is 50.1 Å². The number of nitrogens with zero attached hydrogens (tertiary/aromatic N) is 4. The highest BCUT2D eigenvalue weighted by Gasteiger charge is 2.27. The second-order valence-electron chi connectivity index (χ2n) is 10.7. The fourth-order valence-electron chi connectivity index (χ4n) is 5.86. The Morgan fingerprint density at radius 2 is 1.95 bits per heavy atom. The molecule has 5 nitrogen and oxygen atoms in total. The highest BCUT2D eigenvalue weighted by Crippen LogP contribution is 2.36. The lowest BCUT2D eigenvalue weighted by Gasteiger charge is -2.32. The molecule has 1 atom stereocenters. The van der Waals surface area contributed by atoms with Crippen molar-refractivity contribution in [1.29, 1.82) is 0 Å². The van der Waals surface area contributed by atoms with Gasteiger partial charge in [-0.3, -0.25) is 15.0 Å². The molecule has 3 aliphatic heterocycles. The number of benzene rings is 2. The molecule has 0 spiro atoms. The lowest BCUT2D eigenvalue weighted by atomic mass is 9.91. The lowest BCUT2D eigenvalue weighted by Crippen LogP contribution is -2.31. The van der Waals surface area contributed by atoms with Crippen LogP contribution in [0.4, 0.5) is 10.1 Å². The molecule has 6 heteroatoms. The largest absolute Gasteiger partial charge is 0.491 e. The van der Waals surface area contributed by atoms with Crippen LogP contribution in [0.25, 0.3) is 11.1 Å². The predicted molar refractivity (Wildman–Crippen MR) is 160 cm³/mol. The summed E-state index contributed by atoms with van der Waals surface area (Å²) in [4.78, 5) is 16.6. The van der Waals surface area contributed by atoms with Crippen molar-refractivity contribution in [3.05, 3.63) is 101 Å². The van der Waals surface area contributed by atoms with Gasteiger partial charge in [0, 0.05) is 60.0 Å². The summed E-state index contributed by atoms with van der Waals surface area (Å²) >= 11 is 0. The summed E-state index contributed by atoms with van der Waals surface area (Å²) < 4.78 is 19.9. The number of hydrogen-bond donors (Lipinski definition) is 0. The maximum absolute atomic E-state index is 13.7. The molecule has 40 heavy (non-hydrogen) atoms. The molecule has 1 unspecified atom stereocenters. The van der Waals surface area contributed by atoms with Crippen LogP contribution in [0.3, 0.4) is 0 Å². The van der Waals surface area contributed by atoms with Crippen LogP contribution in [-0.4, -0.2) is 35.0 Å². The first-order valence-electron chi connectivity index (χ1n) is 14.3. The van der Waals surface area contributed by atoms with Crippen LogP contribution in [0.15, 0.2) is 88.3 Å². The summed E-state index contributed by atoms with van der Waals surface area (Å²) in [6.45, 7) is 6.42. The molecule has 3 aliphatic rings. The number of fused-ring (bicyclic) bond motifs is 2. The number of rotatable bonds is 5. The monoisotopic (exact) mass is 534 g/mol. The molecule has 0 radical (unpaired) electrons. The van der Waals surface area contributed by atoms with Gasteiger partial charge in [-0.2, -0.15) is 0 Å². The van der Waals surface area contributed by atoms with Gasteiger partial charge in [0.05, 0.1) is 17.9 Å². The molecule has 4 heterocycles. The molecule has 0 fully saturated rings. The molecule has 0 N–H and O–H groups in total. The molecule has 3 aromatic rings. The first kappa shape index (κ1) is 26.2. The van der Waals surface area contributed by atoms with Crippen molar-refractivity contribution in [3.8, 4) is 16.9 Å². The van der Waals surface area contributed by atoms with E-state index in [1.807, 2.05) is 30.7 Å². The smallest absolute Gasteiger partial charge is 0.124 e. The van der Waals surface area contributed by atoms with E-state index >= 15 is 0 Å². The van der Waals surface area contributed by atoms with Gasteiger partial charge < -0.3 is 9.64 Å². The van der Waals surface area contributed by atoms with Gasteiger partial charge in [0.25, 0.3) is 0 Å². The fourth-order valence-corrected chi connectivity index (χ4v) is 5.86. The summed E-state index contributed by atoms with van der Waals surface area (Å²) in [5.41, 5.74) is 9.95. The first-order chi connectivity index (χ1) is 19.6. The number of hydrogen-bond acceptors (Lipinski definition) is 5. The van der Waals surface area contributed by atoms with Crippen LogP contribution in [0, 0.1) is 11.7 Å². The van der Waals surface area contributed by atoms with Crippen molar-refractivity contribution in [1.82, 2.24) is 9.88 Å². The Kier molecular flexibility index (Phi) is 7.58. The van der Waals surface area contributed by atoms with Gasteiger partial charge in [0.15, 0.2) is 0 Å². The fraction of sp³-hybridized carbons (Fsp3) is 0.324. The molecule has 0 aliphatic carbocycles. The van der Waals surface area contributed by atoms with Gasteiger partial charge in [-0.25, -0.2) is 4.39 Å². The highest BCUT2D eigenvalue weighted by molar-refractivity contribution is 6.00. The number of halogens is 1. The van der Waals surface area contributed by atoms with Gasteiger partial charge in [0.2, 0.25) is 0 Å². The highest BCUT2D eigenvalue weighted by atomic mass is 19.1. The summed E-state index contributed by atoms with van der Waals surface area (Å²) in [5, 5.41) is 0. The SMILES string of the molecule is CCC1C=CN=C(C)C(Cc2ccc(F)cc2)=C1N1CCOc2ccc(-c3cnc4c(c3)N=CCCC4)cc2C1. The Labute approximate surface area is 235 Å². The van der Waals surface area contributed by atoms with Crippen molar-refractivity contribution in [3.63, 3.8) is 0 Å². The van der Waals surface area contributed by atoms with E-state index in [4.69, 9.17) is 14.7 Å². The van der Waals surface area contributed by atoms with Crippen LogP contribution < -0.4 is 4.74 Å². The average molecular weight is 535 g/mol. The Morgan fingerprint density at radius 3 is 2.80 bits per heavy atom. The third kappa shape index (κ3) is 5.48. The van der Waals surface area contributed by atoms with E-state index in [-0.39, 0.29) is 11.7 Å². The number of aromatic nitrogens is 1. The van der Waals surface area contributed by atoms with E-state index in [0.717, 1.165) is 83.9 Å². The van der Waals surface area contributed by atoms with Gasteiger partial charge in [-0.15, -0.1) is 0 Å². The molecule has 0 bridgehead atoms. The molecule has 6 rings (SSSR count). The molecule has 2 aromatic carbocycles. The van der Waals surface area contributed by atoms with E-state index in [1.165, 1.54) is 23.4 Å². The zero-order valence-electron chi connectivity index (χ0n) is 23.2. The maximum atomic E-state index is 13.7. The zero-order valence-corrected chi connectivity index (χ0v) is 23.2. The van der Waals surface area contributed by atoms with Crippen molar-refractivity contribution < 1.29 is 9.13 Å². The molecule has 1 aromatic heterocycles. The van der Waals surface area contributed by atoms with Crippen LogP contribution >= 0.6 is 0 Å². The molecule has 0 saturated carbocycles.